The van der Waals surface area contributed by atoms with Crippen molar-refractivity contribution in [1.82, 2.24) is 15.1 Å². The third-order valence-corrected chi connectivity index (χ3v) is 3.92. The number of carbonyl (C=O) groups is 1. The number of halogens is 1. The monoisotopic (exact) mass is 271 g/mol. The van der Waals surface area contributed by atoms with Crippen LogP contribution in [0.1, 0.15) is 24.2 Å². The second-order valence-electron chi connectivity index (χ2n) is 3.97. The van der Waals surface area contributed by atoms with Crippen LogP contribution in [0.15, 0.2) is 4.47 Å². The first-order chi connectivity index (χ1) is 7.08. The number of hydrogen-bond acceptors (Lipinski definition) is 2. The number of aryl methyl sites for hydroxylation is 1. The van der Waals surface area contributed by atoms with Crippen molar-refractivity contribution in [2.75, 3.05) is 0 Å². The number of aromatic nitrogens is 2. The summed E-state index contributed by atoms with van der Waals surface area (Å²) in [6, 6.07) is 0.238. The number of hydrogen-bond donors (Lipinski definition) is 1. The summed E-state index contributed by atoms with van der Waals surface area (Å²) in [5, 5.41) is 7.36. The summed E-state index contributed by atoms with van der Waals surface area (Å²) in [5.74, 6) is 0.153. The molecule has 82 valence electrons. The first kappa shape index (κ1) is 10.7. The van der Waals surface area contributed by atoms with E-state index >= 15 is 0 Å². The summed E-state index contributed by atoms with van der Waals surface area (Å²) in [6.07, 6.45) is 1.56. The fraction of sp³-hybridized carbons (Fsp3) is 0.600. The summed E-state index contributed by atoms with van der Waals surface area (Å²) >= 11 is 3.49. The van der Waals surface area contributed by atoms with E-state index in [0.717, 1.165) is 28.8 Å². The Bertz CT molecular complexity index is 400. The SMILES string of the molecule is Cc1nn(CC2CCC(=O)N2)c(C)c1Br. The smallest absolute Gasteiger partial charge is 0.220 e. The highest BCUT2D eigenvalue weighted by molar-refractivity contribution is 9.10. The van der Waals surface area contributed by atoms with E-state index in [1.54, 1.807) is 0 Å². The van der Waals surface area contributed by atoms with Crippen LogP contribution in [0, 0.1) is 13.8 Å². The lowest BCUT2D eigenvalue weighted by atomic mass is 10.2. The second kappa shape index (κ2) is 3.96. The molecule has 0 radical (unpaired) electrons. The maximum absolute atomic E-state index is 11.1. The molecular formula is C10H14BrN3O. The molecule has 1 aliphatic heterocycles. The molecule has 1 aromatic heterocycles. The van der Waals surface area contributed by atoms with Gasteiger partial charge in [-0.2, -0.15) is 5.10 Å². The van der Waals surface area contributed by atoms with Crippen LogP contribution in [0.5, 0.6) is 0 Å². The largest absolute Gasteiger partial charge is 0.351 e. The fourth-order valence-corrected chi connectivity index (χ4v) is 2.16. The fourth-order valence-electron chi connectivity index (χ4n) is 1.88. The average molecular weight is 272 g/mol. The Morgan fingerprint density at radius 1 is 1.60 bits per heavy atom. The molecule has 4 nitrogen and oxygen atoms in total. The summed E-state index contributed by atoms with van der Waals surface area (Å²) in [6.45, 7) is 4.77. The van der Waals surface area contributed by atoms with Crippen LogP contribution in [-0.4, -0.2) is 21.7 Å². The number of carbonyl (C=O) groups excluding carboxylic acids is 1. The summed E-state index contributed by atoms with van der Waals surface area (Å²) in [5.41, 5.74) is 2.12. The van der Waals surface area contributed by atoms with E-state index in [1.807, 2.05) is 18.5 Å². The predicted molar refractivity (Wildman–Crippen MR) is 60.6 cm³/mol. The lowest BCUT2D eigenvalue weighted by Crippen LogP contribution is -2.30. The van der Waals surface area contributed by atoms with Crippen molar-refractivity contribution in [2.45, 2.75) is 39.3 Å². The van der Waals surface area contributed by atoms with Crippen LogP contribution in [0.2, 0.25) is 0 Å². The topological polar surface area (TPSA) is 46.9 Å². The number of nitrogens with one attached hydrogen (secondary N) is 1. The molecule has 1 N–H and O–H groups in total. The van der Waals surface area contributed by atoms with Crippen molar-refractivity contribution in [3.63, 3.8) is 0 Å². The van der Waals surface area contributed by atoms with E-state index in [-0.39, 0.29) is 11.9 Å². The Labute approximate surface area is 97.2 Å². The van der Waals surface area contributed by atoms with Crippen LogP contribution >= 0.6 is 15.9 Å². The molecule has 2 heterocycles. The van der Waals surface area contributed by atoms with E-state index in [4.69, 9.17) is 0 Å². The van der Waals surface area contributed by atoms with Gasteiger partial charge in [-0.3, -0.25) is 9.48 Å². The van der Waals surface area contributed by atoms with Gasteiger partial charge in [-0.05, 0) is 36.2 Å². The van der Waals surface area contributed by atoms with Gasteiger partial charge in [0.05, 0.1) is 16.7 Å². The zero-order chi connectivity index (χ0) is 11.0. The van der Waals surface area contributed by atoms with Crippen molar-refractivity contribution in [2.24, 2.45) is 0 Å². The Balaban J connectivity index is 2.11. The van der Waals surface area contributed by atoms with Gasteiger partial charge in [-0.25, -0.2) is 0 Å². The third-order valence-electron chi connectivity index (χ3n) is 2.77. The Hall–Kier alpha value is -0.840. The first-order valence-electron chi connectivity index (χ1n) is 5.07. The number of rotatable bonds is 2. The molecule has 0 spiro atoms. The van der Waals surface area contributed by atoms with Crippen LogP contribution in [0.3, 0.4) is 0 Å². The van der Waals surface area contributed by atoms with E-state index in [1.165, 1.54) is 0 Å². The molecule has 0 aliphatic carbocycles. The highest BCUT2D eigenvalue weighted by Crippen LogP contribution is 2.20. The van der Waals surface area contributed by atoms with Crippen LogP contribution in [0.4, 0.5) is 0 Å². The van der Waals surface area contributed by atoms with Crippen molar-refractivity contribution in [3.8, 4) is 0 Å². The lowest BCUT2D eigenvalue weighted by molar-refractivity contribution is -0.119. The van der Waals surface area contributed by atoms with Gasteiger partial charge in [-0.1, -0.05) is 0 Å². The Morgan fingerprint density at radius 2 is 2.33 bits per heavy atom. The van der Waals surface area contributed by atoms with Crippen LogP contribution in [0.25, 0.3) is 0 Å². The van der Waals surface area contributed by atoms with Gasteiger partial charge in [0.15, 0.2) is 0 Å². The van der Waals surface area contributed by atoms with E-state index in [2.05, 4.69) is 26.3 Å². The summed E-state index contributed by atoms with van der Waals surface area (Å²) in [4.78, 5) is 11.1. The molecule has 1 atom stereocenters. The van der Waals surface area contributed by atoms with Crippen LogP contribution in [-0.2, 0) is 11.3 Å². The molecule has 0 bridgehead atoms. The second-order valence-corrected chi connectivity index (χ2v) is 4.76. The van der Waals surface area contributed by atoms with Gasteiger partial charge in [0, 0.05) is 18.2 Å². The molecule has 15 heavy (non-hydrogen) atoms. The van der Waals surface area contributed by atoms with E-state index in [9.17, 15) is 4.79 Å². The minimum absolute atomic E-state index is 0.153. The Kier molecular flexibility index (Phi) is 2.82. The Morgan fingerprint density at radius 3 is 2.80 bits per heavy atom. The predicted octanol–water partition coefficient (Wildman–Crippen LogP) is 1.54. The number of amides is 1. The molecule has 1 saturated heterocycles. The van der Waals surface area contributed by atoms with Crippen molar-refractivity contribution in [3.05, 3.63) is 15.9 Å². The molecule has 0 saturated carbocycles. The molecule has 1 fully saturated rings. The first-order valence-corrected chi connectivity index (χ1v) is 5.86. The maximum atomic E-state index is 11.1. The van der Waals surface area contributed by atoms with Crippen LogP contribution < -0.4 is 5.32 Å². The lowest BCUT2D eigenvalue weighted by Gasteiger charge is -2.11. The molecule has 1 unspecified atom stereocenters. The average Bonchev–Trinajstić information content (AvgIpc) is 2.68. The summed E-state index contributed by atoms with van der Waals surface area (Å²) in [7, 11) is 0. The molecule has 1 aromatic rings. The molecule has 1 aliphatic rings. The third kappa shape index (κ3) is 2.07. The van der Waals surface area contributed by atoms with Crippen molar-refractivity contribution >= 4 is 21.8 Å². The minimum Gasteiger partial charge on any atom is -0.351 e. The number of nitrogens with zero attached hydrogens (tertiary/aromatic N) is 2. The highest BCUT2D eigenvalue weighted by Gasteiger charge is 2.22. The molecule has 2 rings (SSSR count). The zero-order valence-corrected chi connectivity index (χ0v) is 10.5. The van der Waals surface area contributed by atoms with Crippen molar-refractivity contribution in [1.29, 1.82) is 0 Å². The van der Waals surface area contributed by atoms with Gasteiger partial charge in [0.25, 0.3) is 0 Å². The molecular weight excluding hydrogens is 258 g/mol. The van der Waals surface area contributed by atoms with Gasteiger partial charge >= 0.3 is 0 Å². The van der Waals surface area contributed by atoms with Gasteiger partial charge in [-0.15, -0.1) is 0 Å². The highest BCUT2D eigenvalue weighted by atomic mass is 79.9. The molecule has 5 heteroatoms. The quantitative estimate of drug-likeness (QED) is 0.887. The van der Waals surface area contributed by atoms with E-state index in [0.29, 0.717) is 6.42 Å². The standard InChI is InChI=1S/C10H14BrN3O/c1-6-10(11)7(2)14(13-6)5-8-3-4-9(15)12-8/h8H,3-5H2,1-2H3,(H,12,15). The van der Waals surface area contributed by atoms with Gasteiger partial charge in [0.1, 0.15) is 0 Å². The van der Waals surface area contributed by atoms with Crippen molar-refractivity contribution < 1.29 is 4.79 Å². The normalized spacial score (nSPS) is 20.7. The van der Waals surface area contributed by atoms with Gasteiger partial charge in [0.2, 0.25) is 5.91 Å². The minimum atomic E-state index is 0.153. The molecule has 0 aromatic carbocycles. The van der Waals surface area contributed by atoms with E-state index < -0.39 is 0 Å². The van der Waals surface area contributed by atoms with Gasteiger partial charge < -0.3 is 5.32 Å². The maximum Gasteiger partial charge on any atom is 0.220 e. The molecule has 1 amide bonds. The zero-order valence-electron chi connectivity index (χ0n) is 8.88. The summed E-state index contributed by atoms with van der Waals surface area (Å²) < 4.78 is 3.02.